The van der Waals surface area contributed by atoms with E-state index < -0.39 is 0 Å². The molecule has 3 heterocycles. The van der Waals surface area contributed by atoms with Gasteiger partial charge in [0.15, 0.2) is 0 Å². The van der Waals surface area contributed by atoms with E-state index in [1.54, 1.807) is 24.9 Å². The number of hydrogen-bond donors (Lipinski definition) is 1. The van der Waals surface area contributed by atoms with E-state index in [1.165, 1.54) is 5.57 Å². The van der Waals surface area contributed by atoms with Crippen molar-refractivity contribution in [1.82, 2.24) is 10.2 Å². The van der Waals surface area contributed by atoms with Gasteiger partial charge in [-0.3, -0.25) is 10.1 Å². The summed E-state index contributed by atoms with van der Waals surface area (Å²) < 4.78 is 16.9. The van der Waals surface area contributed by atoms with Crippen LogP contribution in [0.15, 0.2) is 39.7 Å². The van der Waals surface area contributed by atoms with Gasteiger partial charge in [0.2, 0.25) is 0 Å². The molecule has 4 rings (SSSR count). The Labute approximate surface area is 199 Å². The van der Waals surface area contributed by atoms with Crippen molar-refractivity contribution in [2.75, 3.05) is 25.6 Å². The number of hydrogen-bond acceptors (Lipinski definition) is 7. The van der Waals surface area contributed by atoms with Crippen LogP contribution < -0.4 is 10.1 Å². The first-order valence-electron chi connectivity index (χ1n) is 11.5. The smallest absolute Gasteiger partial charge is 0.322 e. The maximum atomic E-state index is 12.9. The fourth-order valence-corrected chi connectivity index (χ4v) is 5.17. The standard InChI is InChI=1S/C25H31N3O4S/c1-4-17-7-10-22(33-15-17)24-27-28-25(32-24)26-23(29)20-9-8-19(14-21(20)30-3)16(2)18-6-5-12-31-13-11-18/h8-10,14-16,18H,4-7,11-13H2,1-3H3,(H,26,28,29). The number of thioether (sulfide) groups is 1. The van der Waals surface area contributed by atoms with Crippen molar-refractivity contribution < 1.29 is 18.7 Å². The lowest BCUT2D eigenvalue weighted by atomic mass is 9.82. The van der Waals surface area contributed by atoms with E-state index in [1.807, 2.05) is 12.1 Å². The number of amides is 1. The predicted octanol–water partition coefficient (Wildman–Crippen LogP) is 6.02. The van der Waals surface area contributed by atoms with Crippen molar-refractivity contribution in [3.63, 3.8) is 0 Å². The molecule has 2 aliphatic heterocycles. The molecule has 1 N–H and O–H groups in total. The zero-order valence-corrected chi connectivity index (χ0v) is 20.2. The van der Waals surface area contributed by atoms with Gasteiger partial charge in [0.05, 0.1) is 17.6 Å². The molecule has 1 fully saturated rings. The fourth-order valence-electron chi connectivity index (χ4n) is 4.25. The zero-order valence-electron chi connectivity index (χ0n) is 19.4. The molecule has 33 heavy (non-hydrogen) atoms. The first kappa shape index (κ1) is 23.6. The average molecular weight is 470 g/mol. The van der Waals surface area contributed by atoms with Gasteiger partial charge in [-0.2, -0.15) is 0 Å². The van der Waals surface area contributed by atoms with Gasteiger partial charge in [-0.1, -0.05) is 48.4 Å². The fraction of sp³-hybridized carbons (Fsp3) is 0.480. The van der Waals surface area contributed by atoms with E-state index in [4.69, 9.17) is 13.9 Å². The van der Waals surface area contributed by atoms with Crippen LogP contribution in [0.5, 0.6) is 5.75 Å². The summed E-state index contributed by atoms with van der Waals surface area (Å²) in [7, 11) is 1.58. The Balaban J connectivity index is 1.44. The lowest BCUT2D eigenvalue weighted by molar-refractivity contribution is 0.102. The van der Waals surface area contributed by atoms with Crippen LogP contribution in [-0.2, 0) is 4.74 Å². The van der Waals surface area contributed by atoms with Gasteiger partial charge in [0.1, 0.15) is 5.75 Å². The first-order chi connectivity index (χ1) is 16.1. The maximum absolute atomic E-state index is 12.9. The third-order valence-electron chi connectivity index (χ3n) is 6.41. The second-order valence-electron chi connectivity index (χ2n) is 8.44. The molecule has 2 aliphatic rings. The number of nitrogens with one attached hydrogen (secondary N) is 1. The van der Waals surface area contributed by atoms with E-state index in [0.717, 1.165) is 55.8 Å². The molecule has 0 spiro atoms. The summed E-state index contributed by atoms with van der Waals surface area (Å²) in [5, 5.41) is 12.9. The molecule has 1 amide bonds. The highest BCUT2D eigenvalue weighted by molar-refractivity contribution is 8.11. The van der Waals surface area contributed by atoms with E-state index in [9.17, 15) is 4.79 Å². The number of methoxy groups -OCH3 is 1. The van der Waals surface area contributed by atoms with E-state index in [-0.39, 0.29) is 11.9 Å². The van der Waals surface area contributed by atoms with E-state index in [2.05, 4.69) is 40.8 Å². The number of anilines is 1. The Morgan fingerprint density at radius 2 is 2.18 bits per heavy atom. The highest BCUT2D eigenvalue weighted by Crippen LogP contribution is 2.36. The summed E-state index contributed by atoms with van der Waals surface area (Å²) in [6.45, 7) is 6.03. The summed E-state index contributed by atoms with van der Waals surface area (Å²) in [5.74, 6) is 1.51. The Hall–Kier alpha value is -2.58. The third kappa shape index (κ3) is 5.68. The second kappa shape index (κ2) is 11.0. The number of allylic oxidation sites excluding steroid dienone is 2. The van der Waals surface area contributed by atoms with Crippen molar-refractivity contribution >= 4 is 28.6 Å². The minimum absolute atomic E-state index is 0.0692. The second-order valence-corrected chi connectivity index (χ2v) is 9.35. The third-order valence-corrected chi connectivity index (χ3v) is 7.46. The highest BCUT2D eigenvalue weighted by Gasteiger charge is 2.23. The number of nitrogens with zero attached hydrogens (tertiary/aromatic N) is 2. The summed E-state index contributed by atoms with van der Waals surface area (Å²) in [6, 6.07) is 5.85. The average Bonchev–Trinajstić information content (AvgIpc) is 3.14. The molecule has 1 aromatic heterocycles. The Morgan fingerprint density at radius 1 is 1.30 bits per heavy atom. The molecule has 1 aromatic carbocycles. The van der Waals surface area contributed by atoms with Gasteiger partial charge in [0.25, 0.3) is 11.8 Å². The molecule has 7 nitrogen and oxygen atoms in total. The molecule has 1 saturated heterocycles. The molecule has 2 atom stereocenters. The number of carbonyl (C=O) groups excluding carboxylic acids is 1. The van der Waals surface area contributed by atoms with Crippen LogP contribution in [0.1, 0.15) is 73.7 Å². The van der Waals surface area contributed by atoms with Gasteiger partial charge in [-0.25, -0.2) is 0 Å². The van der Waals surface area contributed by atoms with Gasteiger partial charge in [-0.15, -0.1) is 5.10 Å². The highest BCUT2D eigenvalue weighted by atomic mass is 32.2. The first-order valence-corrected chi connectivity index (χ1v) is 12.4. The van der Waals surface area contributed by atoms with Crippen LogP contribution in [0.3, 0.4) is 0 Å². The van der Waals surface area contributed by atoms with Crippen molar-refractivity contribution in [2.45, 2.75) is 51.9 Å². The number of benzene rings is 1. The van der Waals surface area contributed by atoms with Crippen molar-refractivity contribution in [3.05, 3.63) is 52.3 Å². The largest absolute Gasteiger partial charge is 0.496 e. The predicted molar refractivity (Wildman–Crippen MR) is 130 cm³/mol. The quantitative estimate of drug-likeness (QED) is 0.530. The summed E-state index contributed by atoms with van der Waals surface area (Å²) >= 11 is 1.56. The summed E-state index contributed by atoms with van der Waals surface area (Å²) in [6.07, 6.45) is 7.26. The SMILES string of the molecule is CCC1=CSC(c2nnc(NC(=O)c3ccc(C(C)C4CCCOCC4)cc3OC)o2)=CC1. The van der Waals surface area contributed by atoms with Crippen LogP contribution in [0, 0.1) is 5.92 Å². The molecule has 0 saturated carbocycles. The molecule has 176 valence electrons. The summed E-state index contributed by atoms with van der Waals surface area (Å²) in [5.41, 5.74) is 2.96. The van der Waals surface area contributed by atoms with Crippen molar-refractivity contribution in [1.29, 1.82) is 0 Å². The molecule has 0 radical (unpaired) electrons. The normalized spacial score (nSPS) is 19.8. The topological polar surface area (TPSA) is 86.5 Å². The lowest BCUT2D eigenvalue weighted by Gasteiger charge is -2.23. The van der Waals surface area contributed by atoms with Gasteiger partial charge >= 0.3 is 6.01 Å². The van der Waals surface area contributed by atoms with Gasteiger partial charge in [0, 0.05) is 13.2 Å². The Bertz CT molecular complexity index is 1040. The number of ether oxygens (including phenoxy) is 2. The van der Waals surface area contributed by atoms with Gasteiger partial charge < -0.3 is 13.9 Å². The van der Waals surface area contributed by atoms with Crippen LogP contribution in [0.2, 0.25) is 0 Å². The Morgan fingerprint density at radius 3 is 2.94 bits per heavy atom. The van der Waals surface area contributed by atoms with E-state index in [0.29, 0.717) is 29.0 Å². The van der Waals surface area contributed by atoms with Crippen molar-refractivity contribution in [3.8, 4) is 5.75 Å². The van der Waals surface area contributed by atoms with Crippen LogP contribution in [0.4, 0.5) is 6.01 Å². The van der Waals surface area contributed by atoms with Crippen LogP contribution in [-0.4, -0.2) is 36.4 Å². The molecule has 2 unspecified atom stereocenters. The molecule has 0 aliphatic carbocycles. The van der Waals surface area contributed by atoms with Gasteiger partial charge in [-0.05, 0) is 67.0 Å². The molecule has 8 heteroatoms. The number of carbonyl (C=O) groups is 1. The molecular formula is C25H31N3O4S. The van der Waals surface area contributed by atoms with Crippen LogP contribution in [0.25, 0.3) is 4.91 Å². The molecule has 2 aromatic rings. The molecular weight excluding hydrogens is 438 g/mol. The molecule has 0 bridgehead atoms. The Kier molecular flexibility index (Phi) is 7.88. The maximum Gasteiger partial charge on any atom is 0.322 e. The number of rotatable bonds is 7. The van der Waals surface area contributed by atoms with Crippen LogP contribution >= 0.6 is 11.8 Å². The lowest BCUT2D eigenvalue weighted by Crippen LogP contribution is -2.15. The monoisotopic (exact) mass is 469 g/mol. The summed E-state index contributed by atoms with van der Waals surface area (Å²) in [4.78, 5) is 13.8. The number of aromatic nitrogens is 2. The minimum atomic E-state index is -0.345. The van der Waals surface area contributed by atoms with E-state index >= 15 is 0 Å². The van der Waals surface area contributed by atoms with Crippen molar-refractivity contribution in [2.24, 2.45) is 5.92 Å². The zero-order chi connectivity index (χ0) is 23.2. The minimum Gasteiger partial charge on any atom is -0.496 e.